The lowest BCUT2D eigenvalue weighted by atomic mass is 10.1. The fraction of sp³-hybridized carbons (Fsp3) is 0.400. The second-order valence-electron chi connectivity index (χ2n) is 10.7. The number of carbonyl (C=O) groups excluding carboxylic acids is 1. The Morgan fingerprint density at radius 2 is 1.90 bits per heavy atom. The molecule has 3 aromatic heterocycles. The summed E-state index contributed by atoms with van der Waals surface area (Å²) in [5.74, 6) is 0.379. The predicted molar refractivity (Wildman–Crippen MR) is 156 cm³/mol. The van der Waals surface area contributed by atoms with Crippen LogP contribution in [0.4, 0.5) is 20.9 Å². The first-order chi connectivity index (χ1) is 19.4. The van der Waals surface area contributed by atoms with Gasteiger partial charge in [-0.3, -0.25) is 9.69 Å². The molecule has 0 N–H and O–H groups in total. The molecule has 2 aliphatic rings. The summed E-state index contributed by atoms with van der Waals surface area (Å²) in [5.41, 5.74) is 6.33. The molecule has 40 heavy (non-hydrogen) atoms. The summed E-state index contributed by atoms with van der Waals surface area (Å²) in [7, 11) is 1.96. The second kappa shape index (κ2) is 10.6. The van der Waals surface area contributed by atoms with Gasteiger partial charge < -0.3 is 9.80 Å². The normalized spacial score (nSPS) is 15.9. The molecule has 10 heteroatoms. The summed E-state index contributed by atoms with van der Waals surface area (Å²) in [6, 6.07) is 12.7. The van der Waals surface area contributed by atoms with Gasteiger partial charge in [-0.1, -0.05) is 18.3 Å². The van der Waals surface area contributed by atoms with E-state index in [-0.39, 0.29) is 5.82 Å². The lowest BCUT2D eigenvalue weighted by Crippen LogP contribution is -2.48. The third kappa shape index (κ3) is 4.95. The number of aromatic nitrogens is 3. The largest absolute Gasteiger partial charge is 0.369 e. The molecule has 1 aromatic carbocycles. The molecule has 0 bridgehead atoms. The van der Waals surface area contributed by atoms with Gasteiger partial charge >= 0.3 is 0 Å². The first-order valence-corrected chi connectivity index (χ1v) is 14.6. The molecule has 0 spiro atoms. The van der Waals surface area contributed by atoms with Gasteiger partial charge in [0.1, 0.15) is 28.2 Å². The van der Waals surface area contributed by atoms with E-state index in [1.54, 1.807) is 12.1 Å². The highest BCUT2D eigenvalue weighted by molar-refractivity contribution is 7.16. The van der Waals surface area contributed by atoms with Crippen molar-refractivity contribution in [2.75, 3.05) is 49.6 Å². The van der Waals surface area contributed by atoms with Gasteiger partial charge in [-0.15, -0.1) is 0 Å². The van der Waals surface area contributed by atoms with Crippen LogP contribution < -0.4 is 9.80 Å². The van der Waals surface area contributed by atoms with E-state index in [9.17, 15) is 14.4 Å². The summed E-state index contributed by atoms with van der Waals surface area (Å²) < 4.78 is 15.5. The Morgan fingerprint density at radius 1 is 1.18 bits per heavy atom. The number of ketones is 1. The Kier molecular flexibility index (Phi) is 7.02. The molecule has 1 saturated carbocycles. The number of thiazole rings is 1. The van der Waals surface area contributed by atoms with Gasteiger partial charge in [-0.05, 0) is 62.6 Å². The molecule has 1 aliphatic carbocycles. The van der Waals surface area contributed by atoms with Crippen molar-refractivity contribution < 1.29 is 9.18 Å². The minimum absolute atomic E-state index is 0.307. The van der Waals surface area contributed by atoms with Crippen molar-refractivity contribution in [3.8, 4) is 17.3 Å². The van der Waals surface area contributed by atoms with Gasteiger partial charge in [0.15, 0.2) is 5.13 Å². The van der Waals surface area contributed by atoms with Crippen molar-refractivity contribution in [3.63, 3.8) is 0 Å². The standard InChI is InChI=1S/C30H32FN7OS/c1-4-24-29(35(3)30-33-28(27(17-32)40-30)21-7-9-22(31)10-8-21)25-16-23(15-19(2)38(25)34-24)37-13-11-36(12-14-37)18-26(39)20-5-6-20/h7-10,15-16,20H,4-6,11-14,18H2,1-3H3. The van der Waals surface area contributed by atoms with Gasteiger partial charge in [0, 0.05) is 56.1 Å². The minimum Gasteiger partial charge on any atom is -0.369 e. The minimum atomic E-state index is -0.326. The van der Waals surface area contributed by atoms with Crippen LogP contribution in [0.5, 0.6) is 0 Å². The van der Waals surface area contributed by atoms with Crippen molar-refractivity contribution in [1.82, 2.24) is 19.5 Å². The second-order valence-corrected chi connectivity index (χ2v) is 11.6. The maximum Gasteiger partial charge on any atom is 0.191 e. The monoisotopic (exact) mass is 557 g/mol. The van der Waals surface area contributed by atoms with Crippen LogP contribution >= 0.6 is 11.3 Å². The summed E-state index contributed by atoms with van der Waals surface area (Å²) in [4.78, 5) is 24.3. The van der Waals surface area contributed by atoms with Crippen molar-refractivity contribution in [1.29, 1.82) is 5.26 Å². The summed E-state index contributed by atoms with van der Waals surface area (Å²) >= 11 is 1.32. The fourth-order valence-corrected chi connectivity index (χ4v) is 6.31. The number of hydrogen-bond acceptors (Lipinski definition) is 8. The molecule has 4 aromatic rings. The van der Waals surface area contributed by atoms with Crippen molar-refractivity contribution in [2.24, 2.45) is 5.92 Å². The summed E-state index contributed by atoms with van der Waals surface area (Å²) in [6.45, 7) is 8.21. The third-order valence-corrected chi connectivity index (χ3v) is 8.92. The van der Waals surface area contributed by atoms with E-state index in [0.29, 0.717) is 39.5 Å². The van der Waals surface area contributed by atoms with Crippen LogP contribution in [0.15, 0.2) is 36.4 Å². The molecule has 0 atom stereocenters. The number of aryl methyl sites for hydroxylation is 2. The van der Waals surface area contributed by atoms with E-state index in [2.05, 4.69) is 41.8 Å². The van der Waals surface area contributed by atoms with Crippen LogP contribution in [-0.2, 0) is 11.2 Å². The molecular weight excluding hydrogens is 525 g/mol. The zero-order valence-electron chi connectivity index (χ0n) is 23.0. The number of piperazine rings is 1. The Hall–Kier alpha value is -3.81. The van der Waals surface area contributed by atoms with Gasteiger partial charge in [-0.25, -0.2) is 13.9 Å². The molecule has 0 amide bonds. The maximum absolute atomic E-state index is 13.5. The number of Topliss-reactive ketones (excluding diaryl/α,β-unsaturated/α-hetero) is 1. The predicted octanol–water partition coefficient (Wildman–Crippen LogP) is 5.21. The molecule has 206 valence electrons. The Bertz CT molecular complexity index is 1610. The molecule has 8 nitrogen and oxygen atoms in total. The molecule has 2 fully saturated rings. The summed E-state index contributed by atoms with van der Waals surface area (Å²) in [5, 5.41) is 15.4. The number of nitriles is 1. The number of benzene rings is 1. The number of carbonyl (C=O) groups is 1. The summed E-state index contributed by atoms with van der Waals surface area (Å²) in [6.07, 6.45) is 2.86. The van der Waals surface area contributed by atoms with E-state index in [0.717, 1.165) is 73.7 Å². The number of halogens is 1. The molecule has 6 rings (SSSR count). The van der Waals surface area contributed by atoms with E-state index in [1.165, 1.54) is 23.5 Å². The topological polar surface area (TPSA) is 80.8 Å². The lowest BCUT2D eigenvalue weighted by Gasteiger charge is -2.36. The molecule has 0 unspecified atom stereocenters. The van der Waals surface area contributed by atoms with Crippen LogP contribution in [0, 0.1) is 30.0 Å². The SMILES string of the molecule is CCc1nn2c(C)cc(N3CCN(CC(=O)C4CC4)CC3)cc2c1N(C)c1nc(-c2ccc(F)cc2)c(C#N)s1. The van der Waals surface area contributed by atoms with E-state index < -0.39 is 0 Å². The molecule has 1 aliphatic heterocycles. The Labute approximate surface area is 237 Å². The highest BCUT2D eigenvalue weighted by atomic mass is 32.1. The van der Waals surface area contributed by atoms with Gasteiger partial charge in [-0.2, -0.15) is 10.4 Å². The van der Waals surface area contributed by atoms with Crippen LogP contribution in [-0.4, -0.2) is 65.1 Å². The average Bonchev–Trinajstić information content (AvgIpc) is 3.62. The first-order valence-electron chi connectivity index (χ1n) is 13.8. The number of nitrogens with zero attached hydrogens (tertiary/aromatic N) is 7. The highest BCUT2D eigenvalue weighted by Gasteiger charge is 2.31. The quantitative estimate of drug-likeness (QED) is 0.294. The van der Waals surface area contributed by atoms with Crippen LogP contribution in [0.2, 0.25) is 0 Å². The van der Waals surface area contributed by atoms with Crippen LogP contribution in [0.3, 0.4) is 0 Å². The maximum atomic E-state index is 13.5. The smallest absolute Gasteiger partial charge is 0.191 e. The first kappa shape index (κ1) is 26.4. The number of pyridine rings is 1. The fourth-order valence-electron chi connectivity index (χ4n) is 5.46. The molecule has 0 radical (unpaired) electrons. The number of rotatable bonds is 8. The van der Waals surface area contributed by atoms with Gasteiger partial charge in [0.2, 0.25) is 0 Å². The van der Waals surface area contributed by atoms with E-state index in [4.69, 9.17) is 10.1 Å². The van der Waals surface area contributed by atoms with Crippen molar-refractivity contribution >= 4 is 39.1 Å². The third-order valence-electron chi connectivity index (χ3n) is 7.88. The number of fused-ring (bicyclic) bond motifs is 1. The van der Waals surface area contributed by atoms with E-state index >= 15 is 0 Å². The lowest BCUT2D eigenvalue weighted by molar-refractivity contribution is -0.121. The van der Waals surface area contributed by atoms with Crippen LogP contribution in [0.25, 0.3) is 16.8 Å². The number of hydrogen-bond donors (Lipinski definition) is 0. The zero-order chi connectivity index (χ0) is 28.0. The van der Waals surface area contributed by atoms with Crippen LogP contribution in [0.1, 0.15) is 36.0 Å². The Morgan fingerprint density at radius 3 is 2.55 bits per heavy atom. The zero-order valence-corrected chi connectivity index (χ0v) is 23.8. The average molecular weight is 558 g/mol. The van der Waals surface area contributed by atoms with Crippen molar-refractivity contribution in [3.05, 3.63) is 58.5 Å². The molecular formula is C30H32FN7OS. The number of anilines is 3. The van der Waals surface area contributed by atoms with Gasteiger partial charge in [0.05, 0.1) is 23.4 Å². The molecule has 4 heterocycles. The van der Waals surface area contributed by atoms with E-state index in [1.807, 2.05) is 16.5 Å². The molecule has 1 saturated heterocycles. The van der Waals surface area contributed by atoms with Gasteiger partial charge in [0.25, 0.3) is 0 Å². The Balaban J connectivity index is 1.31. The highest BCUT2D eigenvalue weighted by Crippen LogP contribution is 2.39. The van der Waals surface area contributed by atoms with Crippen molar-refractivity contribution in [2.45, 2.75) is 33.1 Å².